The molecule has 0 saturated carbocycles. The molecule has 0 aliphatic carbocycles. The van der Waals surface area contributed by atoms with Crippen LogP contribution in [0, 0.1) is 16.0 Å². The third-order valence-electron chi connectivity index (χ3n) is 1.93. The number of aromatic nitrogens is 2. The molecule has 0 amide bonds. The van der Waals surface area contributed by atoms with E-state index < -0.39 is 4.92 Å². The second kappa shape index (κ2) is 5.24. The molecule has 2 N–H and O–H groups in total. The lowest BCUT2D eigenvalue weighted by Gasteiger charge is -2.07. The molecule has 0 aliphatic rings. The zero-order chi connectivity index (χ0) is 12.1. The number of nitrogens with zero attached hydrogens (tertiary/aromatic N) is 3. The van der Waals surface area contributed by atoms with Gasteiger partial charge in [-0.15, -0.1) is 0 Å². The first kappa shape index (κ1) is 12.2. The van der Waals surface area contributed by atoms with Crippen LogP contribution in [0.2, 0.25) is 0 Å². The van der Waals surface area contributed by atoms with Gasteiger partial charge in [0, 0.05) is 0 Å². The summed E-state index contributed by atoms with van der Waals surface area (Å²) in [6.45, 7) is 4.44. The summed E-state index contributed by atoms with van der Waals surface area (Å²) in [7, 11) is 0. The van der Waals surface area contributed by atoms with E-state index in [4.69, 9.17) is 10.5 Å². The Labute approximate surface area is 92.8 Å². The highest BCUT2D eigenvalue weighted by Gasteiger charge is 2.22. The van der Waals surface area contributed by atoms with Gasteiger partial charge in [0.25, 0.3) is 5.88 Å². The third-order valence-corrected chi connectivity index (χ3v) is 1.93. The fourth-order valence-corrected chi connectivity index (χ4v) is 1.04. The standard InChI is InChI=1S/C9H14N4O3/c1-6(2)3-4-16-9-7(13(14)15)8(10)11-5-12-9/h5-6H,3-4H2,1-2H3,(H2,10,11,12). The molecule has 0 atom stereocenters. The molecule has 88 valence electrons. The summed E-state index contributed by atoms with van der Waals surface area (Å²) >= 11 is 0. The Balaban J connectivity index is 2.79. The van der Waals surface area contributed by atoms with Crippen LogP contribution < -0.4 is 10.5 Å². The van der Waals surface area contributed by atoms with Crippen molar-refractivity contribution in [1.82, 2.24) is 9.97 Å². The summed E-state index contributed by atoms with van der Waals surface area (Å²) in [5.74, 6) is 0.205. The van der Waals surface area contributed by atoms with Gasteiger partial charge in [-0.2, -0.15) is 4.98 Å². The van der Waals surface area contributed by atoms with Crippen molar-refractivity contribution in [3.05, 3.63) is 16.4 Å². The van der Waals surface area contributed by atoms with Crippen molar-refractivity contribution < 1.29 is 9.66 Å². The lowest BCUT2D eigenvalue weighted by Crippen LogP contribution is -2.07. The molecule has 1 aromatic rings. The van der Waals surface area contributed by atoms with E-state index in [1.54, 1.807) is 0 Å². The highest BCUT2D eigenvalue weighted by Crippen LogP contribution is 2.28. The fraction of sp³-hybridized carbons (Fsp3) is 0.556. The number of nitrogens with two attached hydrogens (primary N) is 1. The molecule has 0 radical (unpaired) electrons. The van der Waals surface area contributed by atoms with Gasteiger partial charge < -0.3 is 10.5 Å². The van der Waals surface area contributed by atoms with Crippen LogP contribution in [0.3, 0.4) is 0 Å². The first-order valence-electron chi connectivity index (χ1n) is 4.90. The zero-order valence-electron chi connectivity index (χ0n) is 9.21. The van der Waals surface area contributed by atoms with E-state index in [9.17, 15) is 10.1 Å². The molecule has 0 saturated heterocycles. The van der Waals surface area contributed by atoms with Crippen molar-refractivity contribution in [2.24, 2.45) is 5.92 Å². The van der Waals surface area contributed by atoms with Crippen molar-refractivity contribution in [1.29, 1.82) is 0 Å². The van der Waals surface area contributed by atoms with Gasteiger partial charge in [0.1, 0.15) is 6.33 Å². The predicted octanol–water partition coefficient (Wildman–Crippen LogP) is 1.39. The van der Waals surface area contributed by atoms with Crippen LogP contribution in [0.5, 0.6) is 5.88 Å². The van der Waals surface area contributed by atoms with Gasteiger partial charge >= 0.3 is 5.69 Å². The average molecular weight is 226 g/mol. The molecule has 16 heavy (non-hydrogen) atoms. The second-order valence-electron chi connectivity index (χ2n) is 3.70. The van der Waals surface area contributed by atoms with Crippen LogP contribution >= 0.6 is 0 Å². The Hall–Kier alpha value is -1.92. The molecule has 0 fully saturated rings. The molecule has 0 bridgehead atoms. The van der Waals surface area contributed by atoms with E-state index in [0.29, 0.717) is 12.5 Å². The summed E-state index contributed by atoms with van der Waals surface area (Å²) in [5.41, 5.74) is 5.01. The lowest BCUT2D eigenvalue weighted by molar-refractivity contribution is -0.385. The summed E-state index contributed by atoms with van der Waals surface area (Å²) in [4.78, 5) is 17.3. The Bertz CT molecular complexity index is 381. The molecule has 0 aliphatic heterocycles. The molecular formula is C9H14N4O3. The van der Waals surface area contributed by atoms with Crippen LogP contribution in [0.25, 0.3) is 0 Å². The van der Waals surface area contributed by atoms with Gasteiger partial charge in [0.05, 0.1) is 11.5 Å². The maximum Gasteiger partial charge on any atom is 0.372 e. The van der Waals surface area contributed by atoms with Crippen LogP contribution in [-0.4, -0.2) is 21.5 Å². The first-order valence-corrected chi connectivity index (χ1v) is 4.90. The Kier molecular flexibility index (Phi) is 3.98. The Morgan fingerprint density at radius 3 is 2.81 bits per heavy atom. The average Bonchev–Trinajstić information content (AvgIpc) is 2.16. The number of ether oxygens (including phenoxy) is 1. The predicted molar refractivity (Wildman–Crippen MR) is 58.0 cm³/mol. The molecular weight excluding hydrogens is 212 g/mol. The monoisotopic (exact) mass is 226 g/mol. The highest BCUT2D eigenvalue weighted by molar-refractivity contribution is 5.57. The third kappa shape index (κ3) is 3.04. The van der Waals surface area contributed by atoms with Gasteiger partial charge in [-0.1, -0.05) is 13.8 Å². The van der Waals surface area contributed by atoms with Crippen molar-refractivity contribution in [2.45, 2.75) is 20.3 Å². The van der Waals surface area contributed by atoms with E-state index in [1.807, 2.05) is 13.8 Å². The maximum atomic E-state index is 10.7. The molecule has 1 rings (SSSR count). The number of hydrogen-bond donors (Lipinski definition) is 1. The molecule has 0 unspecified atom stereocenters. The van der Waals surface area contributed by atoms with Crippen molar-refractivity contribution in [2.75, 3.05) is 12.3 Å². The summed E-state index contributed by atoms with van der Waals surface area (Å²) < 4.78 is 5.22. The second-order valence-corrected chi connectivity index (χ2v) is 3.70. The Morgan fingerprint density at radius 2 is 2.25 bits per heavy atom. The minimum Gasteiger partial charge on any atom is -0.473 e. The Morgan fingerprint density at radius 1 is 1.56 bits per heavy atom. The molecule has 0 spiro atoms. The quantitative estimate of drug-likeness (QED) is 0.601. The largest absolute Gasteiger partial charge is 0.473 e. The highest BCUT2D eigenvalue weighted by atomic mass is 16.6. The summed E-state index contributed by atoms with van der Waals surface area (Å²) in [5, 5.41) is 10.7. The minimum absolute atomic E-state index is 0.0712. The number of nitro groups is 1. The minimum atomic E-state index is -0.639. The van der Waals surface area contributed by atoms with Crippen LogP contribution in [0.4, 0.5) is 11.5 Å². The van der Waals surface area contributed by atoms with Gasteiger partial charge in [-0.25, -0.2) is 4.98 Å². The first-order chi connectivity index (χ1) is 7.52. The SMILES string of the molecule is CC(C)CCOc1ncnc(N)c1[N+](=O)[O-]. The zero-order valence-corrected chi connectivity index (χ0v) is 9.21. The smallest absolute Gasteiger partial charge is 0.372 e. The molecule has 1 heterocycles. The number of anilines is 1. The van der Waals surface area contributed by atoms with E-state index in [2.05, 4.69) is 9.97 Å². The maximum absolute atomic E-state index is 10.7. The molecule has 0 aromatic carbocycles. The van der Waals surface area contributed by atoms with Crippen LogP contribution in [0.15, 0.2) is 6.33 Å². The fourth-order valence-electron chi connectivity index (χ4n) is 1.04. The van der Waals surface area contributed by atoms with Gasteiger partial charge in [0.2, 0.25) is 5.82 Å². The van der Waals surface area contributed by atoms with Crippen LogP contribution in [0.1, 0.15) is 20.3 Å². The van der Waals surface area contributed by atoms with Gasteiger partial charge in [-0.05, 0) is 12.3 Å². The van der Waals surface area contributed by atoms with Crippen molar-refractivity contribution in [3.8, 4) is 5.88 Å². The summed E-state index contributed by atoms with van der Waals surface area (Å²) in [6, 6.07) is 0. The summed E-state index contributed by atoms with van der Waals surface area (Å²) in [6.07, 6.45) is 1.94. The van der Waals surface area contributed by atoms with Crippen molar-refractivity contribution >= 4 is 11.5 Å². The number of nitrogen functional groups attached to an aromatic ring is 1. The van der Waals surface area contributed by atoms with Crippen LogP contribution in [-0.2, 0) is 0 Å². The van der Waals surface area contributed by atoms with Crippen molar-refractivity contribution in [3.63, 3.8) is 0 Å². The van der Waals surface area contributed by atoms with E-state index in [-0.39, 0.29) is 17.4 Å². The van der Waals surface area contributed by atoms with E-state index in [0.717, 1.165) is 12.7 Å². The number of hydrogen-bond acceptors (Lipinski definition) is 6. The van der Waals surface area contributed by atoms with Gasteiger partial charge in [0.15, 0.2) is 0 Å². The topological polar surface area (TPSA) is 104 Å². The molecule has 7 nitrogen and oxygen atoms in total. The van der Waals surface area contributed by atoms with Gasteiger partial charge in [-0.3, -0.25) is 10.1 Å². The molecule has 7 heteroatoms. The van der Waals surface area contributed by atoms with E-state index >= 15 is 0 Å². The normalized spacial score (nSPS) is 10.4. The molecule has 1 aromatic heterocycles. The van der Waals surface area contributed by atoms with E-state index in [1.165, 1.54) is 0 Å². The number of rotatable bonds is 5. The lowest BCUT2D eigenvalue weighted by atomic mass is 10.1.